The van der Waals surface area contributed by atoms with Crippen molar-refractivity contribution >= 4 is 0 Å². The van der Waals surface area contributed by atoms with Crippen LogP contribution in [0.25, 0.3) is 0 Å². The van der Waals surface area contributed by atoms with Gasteiger partial charge >= 0.3 is 0 Å². The molecule has 0 saturated carbocycles. The first-order valence-corrected chi connectivity index (χ1v) is 17.4. The van der Waals surface area contributed by atoms with Gasteiger partial charge in [-0.2, -0.15) is 0 Å². The summed E-state index contributed by atoms with van der Waals surface area (Å²) in [5.74, 6) is 0. The molecule has 0 spiro atoms. The van der Waals surface area contributed by atoms with Crippen LogP contribution < -0.4 is 0 Å². The third kappa shape index (κ3) is 40.6. The summed E-state index contributed by atoms with van der Waals surface area (Å²) in [6.07, 6.45) is 37.3. The van der Waals surface area contributed by atoms with Crippen molar-refractivity contribution in [2.24, 2.45) is 0 Å². The molecular formula is C35H76N2. The Morgan fingerprint density at radius 3 is 0.730 bits per heavy atom. The molecule has 2 nitrogen and oxygen atoms in total. The first-order valence-electron chi connectivity index (χ1n) is 17.4. The van der Waals surface area contributed by atoms with E-state index in [9.17, 15) is 0 Å². The number of rotatable bonds is 29. The van der Waals surface area contributed by atoms with Gasteiger partial charge in [-0.1, -0.05) is 168 Å². The highest BCUT2D eigenvalue weighted by atomic mass is 15.1. The molecule has 0 aromatic carbocycles. The van der Waals surface area contributed by atoms with E-state index in [0.29, 0.717) is 0 Å². The molecule has 0 rings (SSSR count). The van der Waals surface area contributed by atoms with Crippen LogP contribution in [0.5, 0.6) is 0 Å². The molecule has 0 unspecified atom stereocenters. The van der Waals surface area contributed by atoms with E-state index < -0.39 is 0 Å². The standard InChI is InChI=1S/C21H45N.C14H31N/c1-4-6-8-10-12-14-16-18-20-22(3)21-19-17-15-13-11-9-7-5-2;1-4-5-6-7-8-9-10-11-12-13-14-15(2)3/h4-21H2,1-3H3;4-14H2,1-3H3. The fourth-order valence-corrected chi connectivity index (χ4v) is 5.06. The molecule has 0 amide bonds. The van der Waals surface area contributed by atoms with Crippen LogP contribution in [0.3, 0.4) is 0 Å². The predicted octanol–water partition coefficient (Wildman–Crippen LogP) is 11.7. The second-order valence-corrected chi connectivity index (χ2v) is 12.2. The van der Waals surface area contributed by atoms with Crippen LogP contribution in [-0.4, -0.2) is 50.6 Å². The van der Waals surface area contributed by atoms with E-state index >= 15 is 0 Å². The van der Waals surface area contributed by atoms with E-state index in [-0.39, 0.29) is 0 Å². The first kappa shape index (κ1) is 39.1. The maximum atomic E-state index is 2.55. The number of nitrogens with zero attached hydrogens (tertiary/aromatic N) is 2. The highest BCUT2D eigenvalue weighted by molar-refractivity contribution is 4.55. The monoisotopic (exact) mass is 525 g/mol. The zero-order chi connectivity index (χ0) is 27.7. The van der Waals surface area contributed by atoms with Gasteiger partial charge in [-0.15, -0.1) is 0 Å². The first-order chi connectivity index (χ1) is 18.1. The van der Waals surface area contributed by atoms with Crippen molar-refractivity contribution in [3.63, 3.8) is 0 Å². The molecular weight excluding hydrogens is 448 g/mol. The Hall–Kier alpha value is -0.0800. The Kier molecular flexibility index (Phi) is 37.9. The van der Waals surface area contributed by atoms with Gasteiger partial charge in [-0.25, -0.2) is 0 Å². The summed E-state index contributed by atoms with van der Waals surface area (Å²) >= 11 is 0. The average Bonchev–Trinajstić information content (AvgIpc) is 2.88. The third-order valence-corrected chi connectivity index (χ3v) is 7.75. The lowest BCUT2D eigenvalue weighted by molar-refractivity contribution is 0.314. The van der Waals surface area contributed by atoms with Crippen LogP contribution in [0.4, 0.5) is 0 Å². The molecule has 37 heavy (non-hydrogen) atoms. The Morgan fingerprint density at radius 1 is 0.270 bits per heavy atom. The van der Waals surface area contributed by atoms with Crippen molar-refractivity contribution in [3.8, 4) is 0 Å². The molecule has 0 saturated heterocycles. The van der Waals surface area contributed by atoms with Crippen molar-refractivity contribution in [3.05, 3.63) is 0 Å². The van der Waals surface area contributed by atoms with Crippen LogP contribution >= 0.6 is 0 Å². The van der Waals surface area contributed by atoms with Gasteiger partial charge in [0.25, 0.3) is 0 Å². The van der Waals surface area contributed by atoms with Crippen molar-refractivity contribution in [1.29, 1.82) is 0 Å². The summed E-state index contributed by atoms with van der Waals surface area (Å²) in [6, 6.07) is 0. The predicted molar refractivity (Wildman–Crippen MR) is 173 cm³/mol. The Balaban J connectivity index is 0. The van der Waals surface area contributed by atoms with Gasteiger partial charge in [0.2, 0.25) is 0 Å². The average molecular weight is 525 g/mol. The molecule has 0 radical (unpaired) electrons. The summed E-state index contributed by atoms with van der Waals surface area (Å²) in [5.41, 5.74) is 0. The maximum Gasteiger partial charge on any atom is -0.00218 e. The smallest absolute Gasteiger partial charge is 0.00218 e. The Morgan fingerprint density at radius 2 is 0.486 bits per heavy atom. The minimum absolute atomic E-state index is 1.26. The van der Waals surface area contributed by atoms with E-state index in [4.69, 9.17) is 0 Å². The molecule has 0 aromatic rings. The lowest BCUT2D eigenvalue weighted by Crippen LogP contribution is -2.20. The van der Waals surface area contributed by atoms with Gasteiger partial charge in [0, 0.05) is 0 Å². The fourth-order valence-electron chi connectivity index (χ4n) is 5.06. The SMILES string of the molecule is CCCCCCCCCCCCN(C)C.CCCCCCCCCCN(C)CCCCCCCCCC. The second kappa shape index (κ2) is 35.9. The molecule has 0 atom stereocenters. The van der Waals surface area contributed by atoms with Crippen LogP contribution in [0.15, 0.2) is 0 Å². The second-order valence-electron chi connectivity index (χ2n) is 12.2. The van der Waals surface area contributed by atoms with Crippen molar-refractivity contribution in [2.75, 3.05) is 40.8 Å². The van der Waals surface area contributed by atoms with E-state index in [1.807, 2.05) is 0 Å². The summed E-state index contributed by atoms with van der Waals surface area (Å²) in [6.45, 7) is 10.8. The van der Waals surface area contributed by atoms with Crippen LogP contribution in [-0.2, 0) is 0 Å². The molecule has 0 N–H and O–H groups in total. The lowest BCUT2D eigenvalue weighted by Gasteiger charge is -2.16. The molecule has 0 fully saturated rings. The van der Waals surface area contributed by atoms with Gasteiger partial charge < -0.3 is 9.80 Å². The lowest BCUT2D eigenvalue weighted by atomic mass is 10.1. The van der Waals surface area contributed by atoms with Crippen LogP contribution in [0.2, 0.25) is 0 Å². The van der Waals surface area contributed by atoms with E-state index in [1.54, 1.807) is 0 Å². The van der Waals surface area contributed by atoms with Gasteiger partial charge in [0.05, 0.1) is 0 Å². The summed E-state index contributed by atoms with van der Waals surface area (Å²) in [7, 11) is 6.63. The molecule has 0 bridgehead atoms. The van der Waals surface area contributed by atoms with Gasteiger partial charge in [-0.05, 0) is 60.0 Å². The molecule has 2 heteroatoms. The molecule has 0 aliphatic heterocycles. The fraction of sp³-hybridized carbons (Fsp3) is 1.00. The molecule has 0 aliphatic rings. The van der Waals surface area contributed by atoms with Crippen LogP contribution in [0, 0.1) is 0 Å². The van der Waals surface area contributed by atoms with Gasteiger partial charge in [0.1, 0.15) is 0 Å². The molecule has 226 valence electrons. The van der Waals surface area contributed by atoms with Crippen molar-refractivity contribution in [1.82, 2.24) is 9.80 Å². The largest absolute Gasteiger partial charge is 0.309 e. The summed E-state index contributed by atoms with van der Waals surface area (Å²) in [4.78, 5) is 4.83. The Bertz CT molecular complexity index is 348. The van der Waals surface area contributed by atoms with Gasteiger partial charge in [0.15, 0.2) is 0 Å². The van der Waals surface area contributed by atoms with E-state index in [0.717, 1.165) is 0 Å². The van der Waals surface area contributed by atoms with Crippen molar-refractivity contribution in [2.45, 2.75) is 188 Å². The highest BCUT2D eigenvalue weighted by Gasteiger charge is 1.99. The Labute approximate surface area is 238 Å². The zero-order valence-electron chi connectivity index (χ0n) is 27.4. The third-order valence-electron chi connectivity index (χ3n) is 7.75. The summed E-state index contributed by atoms with van der Waals surface area (Å²) in [5, 5.41) is 0. The topological polar surface area (TPSA) is 6.48 Å². The normalized spacial score (nSPS) is 11.4. The number of unbranched alkanes of at least 4 members (excludes halogenated alkanes) is 23. The number of hydrogen-bond acceptors (Lipinski definition) is 2. The van der Waals surface area contributed by atoms with Crippen LogP contribution in [0.1, 0.15) is 188 Å². The molecule has 0 aliphatic carbocycles. The maximum absolute atomic E-state index is 2.55. The summed E-state index contributed by atoms with van der Waals surface area (Å²) < 4.78 is 0. The number of hydrogen-bond donors (Lipinski definition) is 0. The zero-order valence-corrected chi connectivity index (χ0v) is 27.4. The minimum Gasteiger partial charge on any atom is -0.309 e. The van der Waals surface area contributed by atoms with Crippen molar-refractivity contribution < 1.29 is 0 Å². The van der Waals surface area contributed by atoms with Gasteiger partial charge in [-0.3, -0.25) is 0 Å². The van der Waals surface area contributed by atoms with E-state index in [2.05, 4.69) is 51.7 Å². The highest BCUT2D eigenvalue weighted by Crippen LogP contribution is 2.11. The molecule has 0 aromatic heterocycles. The molecule has 0 heterocycles. The minimum atomic E-state index is 1.26. The van der Waals surface area contributed by atoms with E-state index in [1.165, 1.54) is 187 Å². The quantitative estimate of drug-likeness (QED) is 0.0897.